The zero-order chi connectivity index (χ0) is 15.0. The van der Waals surface area contributed by atoms with Gasteiger partial charge in [-0.25, -0.2) is 0 Å². The van der Waals surface area contributed by atoms with E-state index in [0.29, 0.717) is 18.8 Å². The van der Waals surface area contributed by atoms with Gasteiger partial charge in [-0.05, 0) is 37.6 Å². The average molecular weight is 281 g/mol. The Labute approximate surface area is 119 Å². The minimum atomic E-state index is -0.855. The Kier molecular flexibility index (Phi) is 6.31. The molecule has 20 heavy (non-hydrogen) atoms. The van der Waals surface area contributed by atoms with Crippen LogP contribution in [0.5, 0.6) is 11.5 Å². The number of carbonyl (C=O) groups excluding carboxylic acids is 1. The first kappa shape index (κ1) is 16.3. The Balaban J connectivity index is 2.24. The lowest BCUT2D eigenvalue weighted by Gasteiger charge is -2.21. The lowest BCUT2D eigenvalue weighted by molar-refractivity contribution is -0.122. The fourth-order valence-electron chi connectivity index (χ4n) is 1.44. The molecule has 0 saturated heterocycles. The fourth-order valence-corrected chi connectivity index (χ4v) is 1.44. The van der Waals surface area contributed by atoms with Crippen molar-refractivity contribution in [1.82, 2.24) is 5.32 Å². The molecule has 0 spiro atoms. The standard InChI is InChI=1S/C15H23NO4/c1-4-15(2,18)11-16-14(17)9-10-20-13-7-5-12(19-3)6-8-13/h5-8,18H,4,9-11H2,1-3H3,(H,16,17). The second kappa shape index (κ2) is 7.75. The van der Waals surface area contributed by atoms with Crippen LogP contribution in [-0.4, -0.2) is 36.9 Å². The highest BCUT2D eigenvalue weighted by atomic mass is 16.5. The minimum absolute atomic E-state index is 0.132. The zero-order valence-electron chi connectivity index (χ0n) is 12.3. The summed E-state index contributed by atoms with van der Waals surface area (Å²) in [6, 6.07) is 7.18. The molecule has 0 aromatic heterocycles. The Morgan fingerprint density at radius 1 is 1.30 bits per heavy atom. The van der Waals surface area contributed by atoms with E-state index >= 15 is 0 Å². The first-order valence-corrected chi connectivity index (χ1v) is 6.73. The number of hydrogen-bond donors (Lipinski definition) is 2. The van der Waals surface area contributed by atoms with Gasteiger partial charge in [0.1, 0.15) is 11.5 Å². The summed E-state index contributed by atoms with van der Waals surface area (Å²) in [4.78, 5) is 11.6. The predicted molar refractivity (Wildman–Crippen MR) is 77.0 cm³/mol. The lowest BCUT2D eigenvalue weighted by Crippen LogP contribution is -2.40. The maximum atomic E-state index is 11.6. The molecule has 0 radical (unpaired) electrons. The van der Waals surface area contributed by atoms with Gasteiger partial charge >= 0.3 is 0 Å². The van der Waals surface area contributed by atoms with Gasteiger partial charge in [-0.2, -0.15) is 0 Å². The average Bonchev–Trinajstić information content (AvgIpc) is 2.46. The molecule has 1 unspecified atom stereocenters. The number of carbonyl (C=O) groups is 1. The molecule has 0 bridgehead atoms. The minimum Gasteiger partial charge on any atom is -0.497 e. The maximum absolute atomic E-state index is 11.6. The van der Waals surface area contributed by atoms with Crippen LogP contribution in [0.1, 0.15) is 26.7 Å². The predicted octanol–water partition coefficient (Wildman–Crippen LogP) is 1.74. The number of nitrogens with one attached hydrogen (secondary N) is 1. The topological polar surface area (TPSA) is 67.8 Å². The molecular formula is C15H23NO4. The molecule has 2 N–H and O–H groups in total. The monoisotopic (exact) mass is 281 g/mol. The first-order valence-electron chi connectivity index (χ1n) is 6.73. The maximum Gasteiger partial charge on any atom is 0.223 e. The van der Waals surface area contributed by atoms with Gasteiger partial charge < -0.3 is 19.9 Å². The molecule has 0 aliphatic rings. The molecule has 1 aromatic carbocycles. The highest BCUT2D eigenvalue weighted by Crippen LogP contribution is 2.17. The van der Waals surface area contributed by atoms with Crippen molar-refractivity contribution >= 4 is 5.91 Å². The van der Waals surface area contributed by atoms with Gasteiger partial charge in [-0.15, -0.1) is 0 Å². The number of benzene rings is 1. The van der Waals surface area contributed by atoms with E-state index in [9.17, 15) is 9.90 Å². The summed E-state index contributed by atoms with van der Waals surface area (Å²) >= 11 is 0. The molecule has 1 aromatic rings. The second-order valence-electron chi connectivity index (χ2n) is 4.90. The van der Waals surface area contributed by atoms with E-state index in [1.807, 2.05) is 6.92 Å². The van der Waals surface area contributed by atoms with Crippen LogP contribution in [0.15, 0.2) is 24.3 Å². The van der Waals surface area contributed by atoms with Crippen molar-refractivity contribution in [3.8, 4) is 11.5 Å². The molecule has 0 aliphatic heterocycles. The highest BCUT2D eigenvalue weighted by molar-refractivity contribution is 5.76. The molecule has 0 heterocycles. The second-order valence-corrected chi connectivity index (χ2v) is 4.90. The summed E-state index contributed by atoms with van der Waals surface area (Å²) in [6.45, 7) is 4.12. The molecule has 1 rings (SSSR count). The Hall–Kier alpha value is -1.75. The number of aliphatic hydroxyl groups is 1. The largest absolute Gasteiger partial charge is 0.497 e. The Morgan fingerprint density at radius 2 is 1.90 bits per heavy atom. The van der Waals surface area contributed by atoms with Crippen LogP contribution in [0, 0.1) is 0 Å². The zero-order valence-corrected chi connectivity index (χ0v) is 12.3. The molecule has 1 amide bonds. The van der Waals surface area contributed by atoms with Crippen molar-refractivity contribution in [2.75, 3.05) is 20.3 Å². The quantitative estimate of drug-likeness (QED) is 0.761. The van der Waals surface area contributed by atoms with Crippen molar-refractivity contribution in [3.63, 3.8) is 0 Å². The van der Waals surface area contributed by atoms with Crippen LogP contribution in [-0.2, 0) is 4.79 Å². The van der Waals surface area contributed by atoms with E-state index in [1.54, 1.807) is 38.3 Å². The van der Waals surface area contributed by atoms with Crippen LogP contribution < -0.4 is 14.8 Å². The third kappa shape index (κ3) is 5.93. The lowest BCUT2D eigenvalue weighted by atomic mass is 10.0. The smallest absolute Gasteiger partial charge is 0.223 e. The summed E-state index contributed by atoms with van der Waals surface area (Å²) in [5, 5.41) is 12.5. The van der Waals surface area contributed by atoms with Crippen molar-refractivity contribution in [2.24, 2.45) is 0 Å². The van der Waals surface area contributed by atoms with Crippen molar-refractivity contribution in [1.29, 1.82) is 0 Å². The molecule has 0 aliphatic carbocycles. The van der Waals surface area contributed by atoms with E-state index in [2.05, 4.69) is 5.32 Å². The van der Waals surface area contributed by atoms with E-state index in [4.69, 9.17) is 9.47 Å². The number of ether oxygens (including phenoxy) is 2. The summed E-state index contributed by atoms with van der Waals surface area (Å²) in [5.41, 5.74) is -0.855. The Bertz CT molecular complexity index is 414. The third-order valence-corrected chi connectivity index (χ3v) is 3.09. The molecule has 5 heteroatoms. The SMILES string of the molecule is CCC(C)(O)CNC(=O)CCOc1ccc(OC)cc1. The van der Waals surface area contributed by atoms with Crippen LogP contribution >= 0.6 is 0 Å². The molecule has 112 valence electrons. The molecule has 1 atom stereocenters. The van der Waals surface area contributed by atoms with Gasteiger partial charge in [0.25, 0.3) is 0 Å². The highest BCUT2D eigenvalue weighted by Gasteiger charge is 2.18. The number of amides is 1. The number of hydrogen-bond acceptors (Lipinski definition) is 4. The van der Waals surface area contributed by atoms with Gasteiger partial charge in [0.2, 0.25) is 5.91 Å². The summed E-state index contributed by atoms with van der Waals surface area (Å²) < 4.78 is 10.5. The summed E-state index contributed by atoms with van der Waals surface area (Å²) in [6.07, 6.45) is 0.849. The van der Waals surface area contributed by atoms with Crippen molar-refractivity contribution in [3.05, 3.63) is 24.3 Å². The van der Waals surface area contributed by atoms with Gasteiger partial charge in [-0.3, -0.25) is 4.79 Å². The van der Waals surface area contributed by atoms with Crippen LogP contribution in [0.3, 0.4) is 0 Å². The van der Waals surface area contributed by atoms with Gasteiger partial charge in [0, 0.05) is 6.54 Å². The molecular weight excluding hydrogens is 258 g/mol. The van der Waals surface area contributed by atoms with E-state index in [0.717, 1.165) is 5.75 Å². The van der Waals surface area contributed by atoms with E-state index in [1.165, 1.54) is 0 Å². The summed E-state index contributed by atoms with van der Waals surface area (Å²) in [5.74, 6) is 1.32. The molecule has 0 saturated carbocycles. The number of rotatable bonds is 8. The fraction of sp³-hybridized carbons (Fsp3) is 0.533. The van der Waals surface area contributed by atoms with E-state index < -0.39 is 5.60 Å². The number of methoxy groups -OCH3 is 1. The van der Waals surface area contributed by atoms with Crippen LogP contribution in [0.25, 0.3) is 0 Å². The molecule has 5 nitrogen and oxygen atoms in total. The Morgan fingerprint density at radius 3 is 2.45 bits per heavy atom. The van der Waals surface area contributed by atoms with Crippen LogP contribution in [0.2, 0.25) is 0 Å². The van der Waals surface area contributed by atoms with Gasteiger partial charge in [0.15, 0.2) is 0 Å². The molecule has 0 fully saturated rings. The van der Waals surface area contributed by atoms with Crippen molar-refractivity contribution in [2.45, 2.75) is 32.3 Å². The van der Waals surface area contributed by atoms with Crippen molar-refractivity contribution < 1.29 is 19.4 Å². The van der Waals surface area contributed by atoms with Gasteiger partial charge in [-0.1, -0.05) is 6.92 Å². The third-order valence-electron chi connectivity index (χ3n) is 3.09. The van der Waals surface area contributed by atoms with Crippen LogP contribution in [0.4, 0.5) is 0 Å². The first-order chi connectivity index (χ1) is 9.46. The summed E-state index contributed by atoms with van der Waals surface area (Å²) in [7, 11) is 1.60. The van der Waals surface area contributed by atoms with Gasteiger partial charge in [0.05, 0.1) is 25.7 Å². The van der Waals surface area contributed by atoms with E-state index in [-0.39, 0.29) is 18.9 Å². The normalized spacial score (nSPS) is 13.4.